The molecule has 1 saturated carbocycles. The number of hydrogen-bond acceptors (Lipinski definition) is 6. The van der Waals surface area contributed by atoms with Crippen molar-refractivity contribution in [1.29, 1.82) is 0 Å². The predicted octanol–water partition coefficient (Wildman–Crippen LogP) is 4.64. The van der Waals surface area contributed by atoms with Crippen LogP contribution in [0, 0.1) is 18.8 Å². The zero-order chi connectivity index (χ0) is 24.9. The maximum Gasteiger partial charge on any atom is 0.347 e. The van der Waals surface area contributed by atoms with Gasteiger partial charge in [0.05, 0.1) is 22.3 Å². The Labute approximate surface area is 216 Å². The van der Waals surface area contributed by atoms with E-state index in [1.807, 2.05) is 31.2 Å². The molecule has 1 aliphatic carbocycles. The largest absolute Gasteiger partial charge is 0.494 e. The van der Waals surface area contributed by atoms with Gasteiger partial charge in [-0.25, -0.2) is 9.78 Å². The molecule has 2 aliphatic rings. The Kier molecular flexibility index (Phi) is 6.41. The number of carbonyl (C=O) groups excluding carboxylic acids is 1. The van der Waals surface area contributed by atoms with Crippen LogP contribution < -0.4 is 15.0 Å². The van der Waals surface area contributed by atoms with E-state index in [2.05, 4.69) is 20.2 Å². The van der Waals surface area contributed by atoms with E-state index in [1.54, 1.807) is 6.92 Å². The molecule has 3 heterocycles. The number of aromatic nitrogens is 2. The topological polar surface area (TPSA) is 108 Å². The number of fused-ring (bicyclic) bond motifs is 1. The lowest BCUT2D eigenvalue weighted by Crippen LogP contribution is -2.34. The number of amides is 1. The van der Waals surface area contributed by atoms with Gasteiger partial charge < -0.3 is 25.0 Å². The van der Waals surface area contributed by atoms with Gasteiger partial charge in [0, 0.05) is 43.1 Å². The fourth-order valence-electron chi connectivity index (χ4n) is 4.67. The summed E-state index contributed by atoms with van der Waals surface area (Å²) in [5, 5.41) is 14.1. The highest BCUT2D eigenvalue weighted by atomic mass is 35.5. The molecule has 1 amide bonds. The number of anilines is 1. The molecule has 5 rings (SSSR count). The van der Waals surface area contributed by atoms with Gasteiger partial charge in [0.1, 0.15) is 16.3 Å². The molecule has 2 fully saturated rings. The normalized spacial score (nSPS) is 20.6. The molecule has 1 saturated heterocycles. The number of piperidine rings is 1. The van der Waals surface area contributed by atoms with Crippen LogP contribution in [0.25, 0.3) is 0 Å². The van der Waals surface area contributed by atoms with Crippen molar-refractivity contribution >= 4 is 51.5 Å². The minimum Gasteiger partial charge on any atom is -0.494 e. The molecule has 11 heteroatoms. The first-order valence-corrected chi connectivity index (χ1v) is 12.9. The van der Waals surface area contributed by atoms with E-state index < -0.39 is 5.97 Å². The van der Waals surface area contributed by atoms with Gasteiger partial charge in [-0.15, -0.1) is 0 Å². The van der Waals surface area contributed by atoms with Crippen LogP contribution in [0.5, 0.6) is 5.75 Å². The first-order valence-electron chi connectivity index (χ1n) is 11.3. The molecule has 3 atom stereocenters. The number of hydrogen-bond donors (Lipinski definition) is 3. The highest BCUT2D eigenvalue weighted by molar-refractivity contribution is 7.17. The van der Waals surface area contributed by atoms with Gasteiger partial charge in [0.15, 0.2) is 5.13 Å². The average molecular weight is 535 g/mol. The van der Waals surface area contributed by atoms with Gasteiger partial charge in [0.2, 0.25) is 0 Å². The van der Waals surface area contributed by atoms with E-state index >= 15 is 0 Å². The van der Waals surface area contributed by atoms with E-state index in [4.69, 9.17) is 27.9 Å². The number of aryl methyl sites for hydroxylation is 1. The van der Waals surface area contributed by atoms with Crippen LogP contribution in [0.2, 0.25) is 10.0 Å². The zero-order valence-electron chi connectivity index (χ0n) is 19.1. The minimum absolute atomic E-state index is 0.0550. The lowest BCUT2D eigenvalue weighted by atomic mass is 10.1. The lowest BCUT2D eigenvalue weighted by molar-refractivity contribution is 0.0700. The van der Waals surface area contributed by atoms with Crippen molar-refractivity contribution in [2.75, 3.05) is 24.6 Å². The SMILES string of the molecule is CCOc1ccc(Cc2nc(N3C[C@@H]4C(NC(=O)c5[nH]c(C)c(Cl)c5Cl)[C@@H]4C3)sc2C(=O)O)cc1. The maximum absolute atomic E-state index is 12.6. The molecule has 0 spiro atoms. The summed E-state index contributed by atoms with van der Waals surface area (Å²) in [6.45, 7) is 5.70. The van der Waals surface area contributed by atoms with E-state index in [0.29, 0.717) is 47.7 Å². The third-order valence-corrected chi connectivity index (χ3v) is 8.62. The number of rotatable bonds is 8. The minimum atomic E-state index is -0.971. The number of aromatic carboxylic acids is 1. The number of carboxylic acid groups (broad SMARTS) is 1. The number of benzene rings is 1. The average Bonchev–Trinajstić information content (AvgIpc) is 3.20. The second-order valence-electron chi connectivity index (χ2n) is 8.82. The Morgan fingerprint density at radius 2 is 1.91 bits per heavy atom. The number of thiazole rings is 1. The van der Waals surface area contributed by atoms with Crippen LogP contribution in [0.1, 0.15) is 44.0 Å². The summed E-state index contributed by atoms with van der Waals surface area (Å²) in [5.74, 6) is 0.118. The molecular weight excluding hydrogens is 511 g/mol. The van der Waals surface area contributed by atoms with Crippen LogP contribution in [-0.2, 0) is 6.42 Å². The molecule has 2 aromatic heterocycles. The summed E-state index contributed by atoms with van der Waals surface area (Å²) in [4.78, 5) is 34.5. The highest BCUT2D eigenvalue weighted by Crippen LogP contribution is 2.48. The quantitative estimate of drug-likeness (QED) is 0.388. The maximum atomic E-state index is 12.6. The fourth-order valence-corrected chi connectivity index (χ4v) is 6.03. The number of nitrogens with zero attached hydrogens (tertiary/aromatic N) is 2. The Balaban J connectivity index is 1.23. The number of halogens is 2. The summed E-state index contributed by atoms with van der Waals surface area (Å²) >= 11 is 13.5. The molecule has 1 unspecified atom stereocenters. The number of aromatic amines is 1. The molecule has 0 radical (unpaired) electrons. The first kappa shape index (κ1) is 24.0. The molecule has 35 heavy (non-hydrogen) atoms. The molecular formula is C24H24Cl2N4O4S. The number of nitrogens with one attached hydrogen (secondary N) is 2. The van der Waals surface area contributed by atoms with Gasteiger partial charge in [-0.3, -0.25) is 4.79 Å². The number of carbonyl (C=O) groups is 2. The van der Waals surface area contributed by atoms with Crippen LogP contribution in [-0.4, -0.2) is 52.7 Å². The van der Waals surface area contributed by atoms with Gasteiger partial charge in [-0.05, 0) is 31.5 Å². The van der Waals surface area contributed by atoms with Gasteiger partial charge in [0.25, 0.3) is 5.91 Å². The van der Waals surface area contributed by atoms with Crippen LogP contribution in [0.4, 0.5) is 5.13 Å². The van der Waals surface area contributed by atoms with Crippen molar-refractivity contribution < 1.29 is 19.4 Å². The van der Waals surface area contributed by atoms with Crippen molar-refractivity contribution in [2.24, 2.45) is 11.8 Å². The monoisotopic (exact) mass is 534 g/mol. The summed E-state index contributed by atoms with van der Waals surface area (Å²) in [6, 6.07) is 7.67. The fraction of sp³-hybridized carbons (Fsp3) is 0.375. The molecule has 3 N–H and O–H groups in total. The van der Waals surface area contributed by atoms with Crippen molar-refractivity contribution in [3.05, 3.63) is 61.8 Å². The third-order valence-electron chi connectivity index (χ3n) is 6.53. The van der Waals surface area contributed by atoms with E-state index in [-0.39, 0.29) is 39.4 Å². The standard InChI is InChI=1S/C24H24Cl2N4O4S/c1-3-34-13-6-4-12(5-7-13)8-16-21(23(32)33)35-24(28-16)30-9-14-15(10-30)19(14)29-22(31)20-18(26)17(25)11(2)27-20/h4-7,14-15,19,27H,3,8-10H2,1-2H3,(H,29,31)(H,32,33)/t14-,15+,19?. The van der Waals surface area contributed by atoms with E-state index in [1.165, 1.54) is 11.3 Å². The highest BCUT2D eigenvalue weighted by Gasteiger charge is 2.57. The van der Waals surface area contributed by atoms with Crippen LogP contribution in [0.15, 0.2) is 24.3 Å². The van der Waals surface area contributed by atoms with E-state index in [0.717, 1.165) is 11.3 Å². The summed E-state index contributed by atoms with van der Waals surface area (Å²) in [6.07, 6.45) is 0.433. The molecule has 1 aromatic carbocycles. The number of carboxylic acids is 1. The van der Waals surface area contributed by atoms with Crippen molar-refractivity contribution in [2.45, 2.75) is 26.3 Å². The first-order chi connectivity index (χ1) is 16.8. The summed E-state index contributed by atoms with van der Waals surface area (Å²) < 4.78 is 5.47. The zero-order valence-corrected chi connectivity index (χ0v) is 21.4. The van der Waals surface area contributed by atoms with Crippen molar-refractivity contribution in [1.82, 2.24) is 15.3 Å². The molecule has 184 valence electrons. The molecule has 0 bridgehead atoms. The Morgan fingerprint density at radius 3 is 2.49 bits per heavy atom. The Morgan fingerprint density at radius 1 is 1.23 bits per heavy atom. The van der Waals surface area contributed by atoms with E-state index in [9.17, 15) is 14.7 Å². The molecule has 8 nitrogen and oxygen atoms in total. The second kappa shape index (κ2) is 9.37. The van der Waals surface area contributed by atoms with Crippen LogP contribution >= 0.6 is 34.5 Å². The third kappa shape index (κ3) is 4.60. The summed E-state index contributed by atoms with van der Waals surface area (Å²) in [5.41, 5.74) is 2.46. The summed E-state index contributed by atoms with van der Waals surface area (Å²) in [7, 11) is 0. The van der Waals surface area contributed by atoms with Gasteiger partial charge in [-0.1, -0.05) is 46.7 Å². The Bertz CT molecular complexity index is 1280. The number of H-pyrrole nitrogens is 1. The molecule has 1 aliphatic heterocycles. The smallest absolute Gasteiger partial charge is 0.347 e. The predicted molar refractivity (Wildman–Crippen MR) is 135 cm³/mol. The van der Waals surface area contributed by atoms with Crippen molar-refractivity contribution in [3.8, 4) is 5.75 Å². The van der Waals surface area contributed by atoms with Crippen LogP contribution in [0.3, 0.4) is 0 Å². The van der Waals surface area contributed by atoms with Crippen molar-refractivity contribution in [3.63, 3.8) is 0 Å². The number of ether oxygens (including phenoxy) is 1. The second-order valence-corrected chi connectivity index (χ2v) is 10.5. The Hall–Kier alpha value is -2.75. The van der Waals surface area contributed by atoms with Gasteiger partial charge >= 0.3 is 5.97 Å². The molecule has 3 aromatic rings. The lowest BCUT2D eigenvalue weighted by Gasteiger charge is -2.19. The van der Waals surface area contributed by atoms with Gasteiger partial charge in [-0.2, -0.15) is 0 Å².